The van der Waals surface area contributed by atoms with Crippen LogP contribution in [0.1, 0.15) is 49.7 Å². The van der Waals surface area contributed by atoms with Crippen molar-refractivity contribution >= 4 is 18.0 Å². The van der Waals surface area contributed by atoms with E-state index < -0.39 is 12.1 Å². The highest BCUT2D eigenvalue weighted by molar-refractivity contribution is 5.80. The summed E-state index contributed by atoms with van der Waals surface area (Å²) in [6.45, 7) is 2.58. The van der Waals surface area contributed by atoms with Crippen LogP contribution in [0.2, 0.25) is 0 Å². The van der Waals surface area contributed by atoms with Crippen molar-refractivity contribution in [3.8, 4) is 11.1 Å². The number of amides is 2. The lowest BCUT2D eigenvalue weighted by atomic mass is 9.98. The van der Waals surface area contributed by atoms with E-state index in [9.17, 15) is 14.4 Å². The van der Waals surface area contributed by atoms with E-state index in [0.29, 0.717) is 19.4 Å². The molecule has 2 aromatic rings. The number of carbonyl (C=O) groups is 3. The highest BCUT2D eigenvalue weighted by Gasteiger charge is 2.43. The van der Waals surface area contributed by atoms with Gasteiger partial charge in [0.15, 0.2) is 0 Å². The highest BCUT2D eigenvalue weighted by atomic mass is 16.5. The predicted octanol–water partition coefficient (Wildman–Crippen LogP) is 3.92. The van der Waals surface area contributed by atoms with Crippen molar-refractivity contribution in [2.24, 2.45) is 11.8 Å². The molecule has 0 aliphatic heterocycles. The van der Waals surface area contributed by atoms with Crippen LogP contribution in [0.15, 0.2) is 48.5 Å². The van der Waals surface area contributed by atoms with Crippen LogP contribution in [-0.2, 0) is 14.3 Å². The lowest BCUT2D eigenvalue weighted by Gasteiger charge is -2.19. The van der Waals surface area contributed by atoms with Gasteiger partial charge in [0.05, 0.1) is 5.92 Å². The van der Waals surface area contributed by atoms with Crippen LogP contribution in [0.4, 0.5) is 4.79 Å². The maximum Gasteiger partial charge on any atom is 0.407 e. The molecule has 0 spiro atoms. The van der Waals surface area contributed by atoms with E-state index in [2.05, 4.69) is 34.9 Å². The van der Waals surface area contributed by atoms with Crippen molar-refractivity contribution in [3.63, 3.8) is 0 Å². The maximum absolute atomic E-state index is 12.6. The van der Waals surface area contributed by atoms with Gasteiger partial charge in [-0.25, -0.2) is 4.79 Å². The molecular formula is C26H30N2O5. The van der Waals surface area contributed by atoms with Crippen LogP contribution in [0.25, 0.3) is 11.1 Å². The summed E-state index contributed by atoms with van der Waals surface area (Å²) < 4.78 is 5.60. The Hall–Kier alpha value is -3.35. The molecule has 0 bridgehead atoms. The maximum atomic E-state index is 12.6. The normalized spacial score (nSPS) is 19.2. The van der Waals surface area contributed by atoms with E-state index in [1.807, 2.05) is 31.2 Å². The minimum absolute atomic E-state index is 0.00571. The second-order valence-corrected chi connectivity index (χ2v) is 8.90. The standard InChI is InChI=1S/C26H30N2O5/c1-2-7-17(13-24(29)27-14-16-12-22(16)25(30)31)28-26(32)33-15-23-20-10-5-3-8-18(20)19-9-4-6-11-21(19)23/h3-6,8-11,16-17,22-23H,2,7,12-15H2,1H3,(H,27,29)(H,28,32)(H,30,31)/t16-,17+,22-/m0/s1. The summed E-state index contributed by atoms with van der Waals surface area (Å²) in [5, 5.41) is 14.6. The first-order chi connectivity index (χ1) is 16.0. The first-order valence-corrected chi connectivity index (χ1v) is 11.6. The second-order valence-electron chi connectivity index (χ2n) is 8.90. The van der Waals surface area contributed by atoms with Crippen LogP contribution in [0.5, 0.6) is 0 Å². The summed E-state index contributed by atoms with van der Waals surface area (Å²) in [4.78, 5) is 35.8. The fraction of sp³-hybridized carbons (Fsp3) is 0.423. The number of hydrogen-bond acceptors (Lipinski definition) is 4. The van der Waals surface area contributed by atoms with Crippen LogP contribution in [0, 0.1) is 11.8 Å². The van der Waals surface area contributed by atoms with Gasteiger partial charge in [-0.3, -0.25) is 9.59 Å². The van der Waals surface area contributed by atoms with E-state index in [1.165, 1.54) is 11.1 Å². The monoisotopic (exact) mass is 450 g/mol. The molecule has 1 saturated carbocycles. The summed E-state index contributed by atoms with van der Waals surface area (Å²) in [6, 6.07) is 16.0. The van der Waals surface area contributed by atoms with E-state index >= 15 is 0 Å². The average Bonchev–Trinajstić information content (AvgIpc) is 3.52. The Labute approximate surface area is 193 Å². The van der Waals surface area contributed by atoms with Crippen molar-refractivity contribution in [1.82, 2.24) is 10.6 Å². The first-order valence-electron chi connectivity index (χ1n) is 11.6. The van der Waals surface area contributed by atoms with Gasteiger partial charge in [-0.15, -0.1) is 0 Å². The summed E-state index contributed by atoms with van der Waals surface area (Å²) in [5.41, 5.74) is 4.64. The smallest absolute Gasteiger partial charge is 0.407 e. The molecule has 7 nitrogen and oxygen atoms in total. The Morgan fingerprint density at radius 1 is 1.06 bits per heavy atom. The average molecular weight is 451 g/mol. The van der Waals surface area contributed by atoms with Gasteiger partial charge >= 0.3 is 12.1 Å². The summed E-state index contributed by atoms with van der Waals surface area (Å²) in [6.07, 6.45) is 1.68. The fourth-order valence-corrected chi connectivity index (χ4v) is 4.70. The Kier molecular flexibility index (Phi) is 6.96. The predicted molar refractivity (Wildman–Crippen MR) is 124 cm³/mol. The Bertz CT molecular complexity index is 991. The molecule has 3 atom stereocenters. The highest BCUT2D eigenvalue weighted by Crippen LogP contribution is 2.44. The number of carboxylic acids is 1. The molecule has 2 amide bonds. The number of fused-ring (bicyclic) bond motifs is 3. The molecule has 0 aromatic heterocycles. The van der Waals surface area contributed by atoms with Crippen molar-refractivity contribution in [1.29, 1.82) is 0 Å². The van der Waals surface area contributed by atoms with Gasteiger partial charge in [0.2, 0.25) is 5.91 Å². The zero-order chi connectivity index (χ0) is 23.4. The van der Waals surface area contributed by atoms with E-state index in [1.54, 1.807) is 0 Å². The molecule has 1 fully saturated rings. The topological polar surface area (TPSA) is 105 Å². The molecule has 2 aromatic carbocycles. The van der Waals surface area contributed by atoms with Crippen molar-refractivity contribution in [2.45, 2.75) is 44.6 Å². The lowest BCUT2D eigenvalue weighted by Crippen LogP contribution is -2.40. The van der Waals surface area contributed by atoms with Gasteiger partial charge in [0.25, 0.3) is 0 Å². The molecule has 2 aliphatic carbocycles. The molecule has 4 rings (SSSR count). The van der Waals surface area contributed by atoms with Crippen molar-refractivity contribution in [3.05, 3.63) is 59.7 Å². The number of benzene rings is 2. The Balaban J connectivity index is 1.29. The van der Waals surface area contributed by atoms with Gasteiger partial charge in [-0.1, -0.05) is 61.9 Å². The number of aliphatic carboxylic acids is 1. The van der Waals surface area contributed by atoms with Crippen LogP contribution >= 0.6 is 0 Å². The van der Waals surface area contributed by atoms with Crippen LogP contribution in [-0.4, -0.2) is 42.3 Å². The fourth-order valence-electron chi connectivity index (χ4n) is 4.70. The van der Waals surface area contributed by atoms with Crippen LogP contribution < -0.4 is 10.6 Å². The lowest BCUT2D eigenvalue weighted by molar-refractivity contribution is -0.139. The van der Waals surface area contributed by atoms with E-state index in [0.717, 1.165) is 17.5 Å². The van der Waals surface area contributed by atoms with Gasteiger partial charge in [0, 0.05) is 24.9 Å². The molecule has 0 radical (unpaired) electrons. The minimum Gasteiger partial charge on any atom is -0.481 e. The number of nitrogens with one attached hydrogen (secondary N) is 2. The number of alkyl carbamates (subject to hydrolysis) is 1. The molecular weight excluding hydrogens is 420 g/mol. The molecule has 174 valence electrons. The number of ether oxygens (including phenoxy) is 1. The van der Waals surface area contributed by atoms with Crippen molar-refractivity contribution < 1.29 is 24.2 Å². The zero-order valence-corrected chi connectivity index (χ0v) is 18.8. The zero-order valence-electron chi connectivity index (χ0n) is 18.8. The third kappa shape index (κ3) is 5.35. The Morgan fingerprint density at radius 3 is 2.27 bits per heavy atom. The summed E-state index contributed by atoms with van der Waals surface area (Å²) in [7, 11) is 0. The molecule has 7 heteroatoms. The summed E-state index contributed by atoms with van der Waals surface area (Å²) in [5.74, 6) is -1.36. The molecule has 0 saturated heterocycles. The van der Waals surface area contributed by atoms with Gasteiger partial charge in [-0.2, -0.15) is 0 Å². The first kappa shape index (κ1) is 22.8. The van der Waals surface area contributed by atoms with Gasteiger partial charge in [0.1, 0.15) is 6.61 Å². The largest absolute Gasteiger partial charge is 0.481 e. The Morgan fingerprint density at radius 2 is 1.70 bits per heavy atom. The quantitative estimate of drug-likeness (QED) is 0.509. The minimum atomic E-state index is -0.810. The molecule has 0 unspecified atom stereocenters. The van der Waals surface area contributed by atoms with Gasteiger partial charge < -0.3 is 20.5 Å². The number of carboxylic acid groups (broad SMARTS) is 1. The number of carbonyl (C=O) groups excluding carboxylic acids is 2. The number of hydrogen-bond donors (Lipinski definition) is 3. The molecule has 0 heterocycles. The van der Waals surface area contributed by atoms with Crippen molar-refractivity contribution in [2.75, 3.05) is 13.2 Å². The molecule has 33 heavy (non-hydrogen) atoms. The second kappa shape index (κ2) is 10.1. The van der Waals surface area contributed by atoms with E-state index in [-0.39, 0.29) is 42.7 Å². The van der Waals surface area contributed by atoms with Gasteiger partial charge in [-0.05, 0) is 41.0 Å². The molecule has 2 aliphatic rings. The molecule has 3 N–H and O–H groups in total. The summed E-state index contributed by atoms with van der Waals surface area (Å²) >= 11 is 0. The third-order valence-corrected chi connectivity index (χ3v) is 6.54. The van der Waals surface area contributed by atoms with Crippen LogP contribution in [0.3, 0.4) is 0 Å². The SMILES string of the molecule is CCC[C@H](CC(=O)NC[C@@H]1C[C@@H]1C(=O)O)NC(=O)OCC1c2ccccc2-c2ccccc21. The van der Waals surface area contributed by atoms with E-state index in [4.69, 9.17) is 9.84 Å². The number of rotatable bonds is 10. The third-order valence-electron chi connectivity index (χ3n) is 6.54.